The molecule has 0 aliphatic carbocycles. The molecule has 0 fully saturated rings. The molecule has 0 saturated carbocycles. The van der Waals surface area contributed by atoms with E-state index in [-0.39, 0.29) is 18.2 Å². The van der Waals surface area contributed by atoms with Crippen LogP contribution in [0.5, 0.6) is 11.5 Å². The monoisotopic (exact) mass is 458 g/mol. The SMILES string of the molecule is COc1ccc(C2=NN(C(=O)Cc3ccc(NC(=O)c4cccnc4)cc3)CCC2)cc1OC. The molecule has 0 bridgehead atoms. The molecule has 0 saturated heterocycles. The van der Waals surface area contributed by atoms with E-state index in [1.165, 1.54) is 11.2 Å². The molecule has 174 valence electrons. The van der Waals surface area contributed by atoms with Crippen LogP contribution in [0.4, 0.5) is 5.69 Å². The van der Waals surface area contributed by atoms with Crippen LogP contribution in [-0.4, -0.2) is 48.3 Å². The largest absolute Gasteiger partial charge is 0.493 e. The molecule has 0 unspecified atom stereocenters. The third-order valence-corrected chi connectivity index (χ3v) is 5.52. The van der Waals surface area contributed by atoms with Gasteiger partial charge in [0.25, 0.3) is 5.91 Å². The number of hydrazone groups is 1. The highest BCUT2D eigenvalue weighted by atomic mass is 16.5. The molecule has 1 aliphatic rings. The number of anilines is 1. The van der Waals surface area contributed by atoms with Gasteiger partial charge in [0.15, 0.2) is 11.5 Å². The van der Waals surface area contributed by atoms with E-state index in [2.05, 4.69) is 15.4 Å². The summed E-state index contributed by atoms with van der Waals surface area (Å²) in [7, 11) is 3.19. The Morgan fingerprint density at radius 1 is 1.03 bits per heavy atom. The zero-order chi connectivity index (χ0) is 23.9. The summed E-state index contributed by atoms with van der Waals surface area (Å²) in [5.41, 5.74) is 3.72. The fraction of sp³-hybridized carbons (Fsp3) is 0.231. The van der Waals surface area contributed by atoms with Crippen molar-refractivity contribution in [2.24, 2.45) is 5.10 Å². The van der Waals surface area contributed by atoms with Crippen molar-refractivity contribution in [3.63, 3.8) is 0 Å². The smallest absolute Gasteiger partial charge is 0.257 e. The highest BCUT2D eigenvalue weighted by Crippen LogP contribution is 2.29. The minimum absolute atomic E-state index is 0.0789. The average molecular weight is 459 g/mol. The number of nitrogens with one attached hydrogen (secondary N) is 1. The van der Waals surface area contributed by atoms with Gasteiger partial charge >= 0.3 is 0 Å². The molecule has 1 aromatic heterocycles. The standard InChI is InChI=1S/C26H26N4O4/c1-33-23-12-9-19(16-24(23)34-2)22-6-4-14-30(29-22)25(31)15-18-7-10-21(11-8-18)28-26(32)20-5-3-13-27-17-20/h3,5,7-13,16-17H,4,6,14-15H2,1-2H3,(H,28,32). The first-order valence-corrected chi connectivity index (χ1v) is 11.0. The van der Waals surface area contributed by atoms with Gasteiger partial charge in [0.05, 0.1) is 31.9 Å². The minimum atomic E-state index is -0.234. The maximum Gasteiger partial charge on any atom is 0.257 e. The summed E-state index contributed by atoms with van der Waals surface area (Å²) in [5.74, 6) is 0.963. The van der Waals surface area contributed by atoms with Crippen molar-refractivity contribution < 1.29 is 19.1 Å². The number of carbonyl (C=O) groups excluding carboxylic acids is 2. The van der Waals surface area contributed by atoms with E-state index in [9.17, 15) is 9.59 Å². The van der Waals surface area contributed by atoms with Crippen molar-refractivity contribution in [1.82, 2.24) is 9.99 Å². The van der Waals surface area contributed by atoms with Gasteiger partial charge < -0.3 is 14.8 Å². The highest BCUT2D eigenvalue weighted by Gasteiger charge is 2.20. The molecule has 0 spiro atoms. The van der Waals surface area contributed by atoms with Crippen LogP contribution in [-0.2, 0) is 11.2 Å². The van der Waals surface area contributed by atoms with Gasteiger partial charge in [-0.15, -0.1) is 0 Å². The van der Waals surface area contributed by atoms with Gasteiger partial charge in [-0.25, -0.2) is 5.01 Å². The van der Waals surface area contributed by atoms with Crippen LogP contribution in [0.2, 0.25) is 0 Å². The summed E-state index contributed by atoms with van der Waals surface area (Å²) in [6, 6.07) is 16.3. The molecule has 8 heteroatoms. The van der Waals surface area contributed by atoms with Gasteiger partial charge in [-0.3, -0.25) is 14.6 Å². The van der Waals surface area contributed by atoms with E-state index in [4.69, 9.17) is 9.47 Å². The van der Waals surface area contributed by atoms with Gasteiger partial charge in [0.1, 0.15) is 0 Å². The van der Waals surface area contributed by atoms with E-state index in [1.54, 1.807) is 44.7 Å². The van der Waals surface area contributed by atoms with Crippen LogP contribution < -0.4 is 14.8 Å². The van der Waals surface area contributed by atoms with Crippen molar-refractivity contribution in [2.45, 2.75) is 19.3 Å². The Kier molecular flexibility index (Phi) is 7.17. The first-order valence-electron chi connectivity index (χ1n) is 11.0. The lowest BCUT2D eigenvalue weighted by atomic mass is 10.0. The van der Waals surface area contributed by atoms with Crippen LogP contribution in [0.25, 0.3) is 0 Å². The molecule has 2 aromatic carbocycles. The number of rotatable bonds is 7. The summed E-state index contributed by atoms with van der Waals surface area (Å²) in [5, 5.41) is 8.97. The Bertz CT molecular complexity index is 1190. The molecule has 0 radical (unpaired) electrons. The quantitative estimate of drug-likeness (QED) is 0.579. The van der Waals surface area contributed by atoms with E-state index < -0.39 is 0 Å². The number of ether oxygens (including phenoxy) is 2. The third-order valence-electron chi connectivity index (χ3n) is 5.52. The molecule has 2 amide bonds. The lowest BCUT2D eigenvalue weighted by molar-refractivity contribution is -0.130. The second kappa shape index (κ2) is 10.6. The van der Waals surface area contributed by atoms with Crippen molar-refractivity contribution in [1.29, 1.82) is 0 Å². The topological polar surface area (TPSA) is 93.1 Å². The second-order valence-electron chi connectivity index (χ2n) is 7.81. The minimum Gasteiger partial charge on any atom is -0.493 e. The van der Waals surface area contributed by atoms with E-state index in [0.717, 1.165) is 29.7 Å². The van der Waals surface area contributed by atoms with Crippen molar-refractivity contribution in [3.8, 4) is 11.5 Å². The number of methoxy groups -OCH3 is 2. The van der Waals surface area contributed by atoms with Crippen molar-refractivity contribution in [2.75, 3.05) is 26.1 Å². The molecule has 4 rings (SSSR count). The van der Waals surface area contributed by atoms with Crippen LogP contribution in [0.3, 0.4) is 0 Å². The molecule has 3 aromatic rings. The number of aromatic nitrogens is 1. The molecule has 1 aliphatic heterocycles. The first-order chi connectivity index (χ1) is 16.6. The summed E-state index contributed by atoms with van der Waals surface area (Å²) in [4.78, 5) is 29.1. The Hall–Kier alpha value is -4.20. The van der Waals surface area contributed by atoms with Crippen LogP contribution >= 0.6 is 0 Å². The molecule has 0 atom stereocenters. The van der Waals surface area contributed by atoms with Crippen LogP contribution in [0, 0.1) is 0 Å². The predicted octanol–water partition coefficient (Wildman–Crippen LogP) is 3.92. The van der Waals surface area contributed by atoms with Gasteiger partial charge in [0.2, 0.25) is 5.91 Å². The zero-order valence-corrected chi connectivity index (χ0v) is 19.2. The molecule has 34 heavy (non-hydrogen) atoms. The van der Waals surface area contributed by atoms with Gasteiger partial charge in [-0.2, -0.15) is 5.10 Å². The Balaban J connectivity index is 1.40. The van der Waals surface area contributed by atoms with Crippen LogP contribution in [0.15, 0.2) is 72.1 Å². The lowest BCUT2D eigenvalue weighted by Gasteiger charge is -2.24. The Morgan fingerprint density at radius 2 is 1.82 bits per heavy atom. The molecular formula is C26H26N4O4. The first kappa shape index (κ1) is 23.0. The maximum atomic E-state index is 12.9. The third kappa shape index (κ3) is 5.40. The van der Waals surface area contributed by atoms with Crippen molar-refractivity contribution in [3.05, 3.63) is 83.7 Å². The molecule has 8 nitrogen and oxygen atoms in total. The molecule has 2 heterocycles. The normalized spacial score (nSPS) is 13.1. The zero-order valence-electron chi connectivity index (χ0n) is 19.2. The van der Waals surface area contributed by atoms with E-state index in [0.29, 0.717) is 29.3 Å². The molecule has 1 N–H and O–H groups in total. The summed E-state index contributed by atoms with van der Waals surface area (Å²) < 4.78 is 10.7. The average Bonchev–Trinajstić information content (AvgIpc) is 2.90. The number of nitrogens with zero attached hydrogens (tertiary/aromatic N) is 3. The number of hydrogen-bond acceptors (Lipinski definition) is 6. The summed E-state index contributed by atoms with van der Waals surface area (Å²) in [6.45, 7) is 0.578. The predicted molar refractivity (Wildman–Crippen MR) is 129 cm³/mol. The van der Waals surface area contributed by atoms with Gasteiger partial charge in [-0.1, -0.05) is 12.1 Å². The van der Waals surface area contributed by atoms with Crippen LogP contribution in [0.1, 0.15) is 34.3 Å². The fourth-order valence-electron chi connectivity index (χ4n) is 3.71. The van der Waals surface area contributed by atoms with E-state index in [1.807, 2.05) is 30.3 Å². The number of hydrogen-bond donors (Lipinski definition) is 1. The summed E-state index contributed by atoms with van der Waals surface area (Å²) in [6.07, 6.45) is 4.96. The lowest BCUT2D eigenvalue weighted by Crippen LogP contribution is -2.33. The van der Waals surface area contributed by atoms with Gasteiger partial charge in [0, 0.05) is 30.2 Å². The highest BCUT2D eigenvalue weighted by molar-refractivity contribution is 6.04. The van der Waals surface area contributed by atoms with Crippen molar-refractivity contribution >= 4 is 23.2 Å². The number of pyridine rings is 1. The summed E-state index contributed by atoms with van der Waals surface area (Å²) >= 11 is 0. The Morgan fingerprint density at radius 3 is 2.53 bits per heavy atom. The number of benzene rings is 2. The number of carbonyl (C=O) groups is 2. The molecular weight excluding hydrogens is 432 g/mol. The van der Waals surface area contributed by atoms with Gasteiger partial charge in [-0.05, 0) is 60.9 Å². The Labute approximate surface area is 198 Å². The van der Waals surface area contributed by atoms with E-state index >= 15 is 0 Å². The number of amides is 2. The second-order valence-corrected chi connectivity index (χ2v) is 7.81. The maximum absolute atomic E-state index is 12.9. The fourth-order valence-corrected chi connectivity index (χ4v) is 3.71.